The van der Waals surface area contributed by atoms with Gasteiger partial charge in [-0.05, 0) is 62.7 Å². The number of amides is 2. The second kappa shape index (κ2) is 13.3. The average Bonchev–Trinajstić information content (AvgIpc) is 3.39. The summed E-state index contributed by atoms with van der Waals surface area (Å²) in [7, 11) is 0. The SMILES string of the molecule is CC(CF)(CF)c1cc(NC(=O)Cc2ccc(NC(=O)c3ccc(OC4CCNCC4)cn3)cc2)no1.Cl. The van der Waals surface area contributed by atoms with Crippen LogP contribution in [0.25, 0.3) is 0 Å². The van der Waals surface area contributed by atoms with Crippen molar-refractivity contribution in [1.82, 2.24) is 15.5 Å². The van der Waals surface area contributed by atoms with Gasteiger partial charge in [-0.15, -0.1) is 12.4 Å². The number of pyridine rings is 1. The van der Waals surface area contributed by atoms with Gasteiger partial charge in [0.25, 0.3) is 5.91 Å². The number of rotatable bonds is 10. The maximum absolute atomic E-state index is 13.1. The molecule has 12 heteroatoms. The molecule has 0 bridgehead atoms. The van der Waals surface area contributed by atoms with Crippen molar-refractivity contribution in [3.05, 3.63) is 65.7 Å². The number of halogens is 3. The first-order valence-electron chi connectivity index (χ1n) is 12.0. The van der Waals surface area contributed by atoms with Crippen molar-refractivity contribution >= 4 is 35.7 Å². The standard InChI is InChI=1S/C26H29F2N5O4.ClH/c1-26(15-27,16-28)22-13-23(33-37-22)32-24(34)12-17-2-4-18(5-3-17)31-25(35)21-7-6-20(14-30-21)36-19-8-10-29-11-9-19;/h2-7,13-14,19,29H,8-12,15-16H2,1H3,(H,31,35)(H,32,33,34);1H. The summed E-state index contributed by atoms with van der Waals surface area (Å²) in [6.45, 7) is 1.31. The Morgan fingerprint density at radius 2 is 1.82 bits per heavy atom. The average molecular weight is 550 g/mol. The Balaban J connectivity index is 0.00000400. The first-order chi connectivity index (χ1) is 17.9. The van der Waals surface area contributed by atoms with Crippen molar-refractivity contribution < 1.29 is 27.6 Å². The van der Waals surface area contributed by atoms with Crippen LogP contribution in [-0.4, -0.2) is 54.5 Å². The third-order valence-corrected chi connectivity index (χ3v) is 6.10. The van der Waals surface area contributed by atoms with Crippen molar-refractivity contribution in [2.75, 3.05) is 37.1 Å². The summed E-state index contributed by atoms with van der Waals surface area (Å²) in [4.78, 5) is 29.1. The minimum Gasteiger partial charge on any atom is -0.489 e. The van der Waals surface area contributed by atoms with Crippen LogP contribution in [0.4, 0.5) is 20.3 Å². The van der Waals surface area contributed by atoms with Crippen LogP contribution in [0.15, 0.2) is 53.2 Å². The van der Waals surface area contributed by atoms with Crippen molar-refractivity contribution in [2.45, 2.75) is 37.7 Å². The lowest BCUT2D eigenvalue weighted by atomic mass is 9.91. The molecule has 0 radical (unpaired) electrons. The molecule has 1 saturated heterocycles. The molecule has 0 atom stereocenters. The number of benzene rings is 1. The molecule has 204 valence electrons. The van der Waals surface area contributed by atoms with E-state index in [0.29, 0.717) is 17.0 Å². The summed E-state index contributed by atoms with van der Waals surface area (Å²) in [5.74, 6) is -0.0149. The highest BCUT2D eigenvalue weighted by atomic mass is 35.5. The topological polar surface area (TPSA) is 118 Å². The van der Waals surface area contributed by atoms with Crippen LogP contribution >= 0.6 is 12.4 Å². The van der Waals surface area contributed by atoms with E-state index in [9.17, 15) is 18.4 Å². The molecule has 0 aliphatic carbocycles. The zero-order valence-corrected chi connectivity index (χ0v) is 21.7. The molecule has 2 amide bonds. The molecule has 3 N–H and O–H groups in total. The van der Waals surface area contributed by atoms with E-state index in [1.165, 1.54) is 13.0 Å². The Labute approximate surface area is 225 Å². The molecule has 1 aromatic carbocycles. The summed E-state index contributed by atoms with van der Waals surface area (Å²) in [6, 6.07) is 11.4. The molecule has 3 heterocycles. The number of anilines is 2. The largest absolute Gasteiger partial charge is 0.489 e. The van der Waals surface area contributed by atoms with Crippen LogP contribution < -0.4 is 20.7 Å². The van der Waals surface area contributed by atoms with Crippen molar-refractivity contribution in [3.63, 3.8) is 0 Å². The number of piperidine rings is 1. The monoisotopic (exact) mass is 549 g/mol. The fourth-order valence-corrected chi connectivity index (χ4v) is 3.75. The summed E-state index contributed by atoms with van der Waals surface area (Å²) in [6.07, 6.45) is 3.59. The Hall–Kier alpha value is -3.57. The number of nitrogens with one attached hydrogen (secondary N) is 3. The van der Waals surface area contributed by atoms with Gasteiger partial charge in [-0.25, -0.2) is 13.8 Å². The lowest BCUT2D eigenvalue weighted by molar-refractivity contribution is -0.115. The van der Waals surface area contributed by atoms with Crippen molar-refractivity contribution in [1.29, 1.82) is 0 Å². The number of carbonyl (C=O) groups is 2. The van der Waals surface area contributed by atoms with Crippen LogP contribution in [0, 0.1) is 0 Å². The molecule has 0 spiro atoms. The molecular weight excluding hydrogens is 520 g/mol. The van der Waals surface area contributed by atoms with Gasteiger partial charge in [0.15, 0.2) is 5.82 Å². The molecule has 0 unspecified atom stereocenters. The number of ether oxygens (including phenoxy) is 1. The number of aromatic nitrogens is 2. The van der Waals surface area contributed by atoms with Crippen LogP contribution in [0.3, 0.4) is 0 Å². The predicted octanol–water partition coefficient (Wildman–Crippen LogP) is 4.25. The third-order valence-electron chi connectivity index (χ3n) is 6.10. The smallest absolute Gasteiger partial charge is 0.274 e. The maximum Gasteiger partial charge on any atom is 0.274 e. The molecule has 0 saturated carbocycles. The van der Waals surface area contributed by atoms with E-state index in [0.717, 1.165) is 25.9 Å². The minimum absolute atomic E-state index is 0. The fraction of sp³-hybridized carbons (Fsp3) is 0.385. The molecular formula is C26H30ClF2N5O4. The lowest BCUT2D eigenvalue weighted by Crippen LogP contribution is -2.34. The molecule has 1 fully saturated rings. The maximum atomic E-state index is 13.1. The van der Waals surface area contributed by atoms with Crippen molar-refractivity contribution in [3.8, 4) is 5.75 Å². The highest BCUT2D eigenvalue weighted by Gasteiger charge is 2.32. The first-order valence-corrected chi connectivity index (χ1v) is 12.0. The van der Waals surface area contributed by atoms with E-state index in [1.807, 2.05) is 0 Å². The van der Waals surface area contributed by atoms with E-state index in [-0.39, 0.29) is 54.0 Å². The number of hydrogen-bond acceptors (Lipinski definition) is 7. The van der Waals surface area contributed by atoms with Crippen LogP contribution in [0.2, 0.25) is 0 Å². The van der Waals surface area contributed by atoms with E-state index in [2.05, 4.69) is 26.1 Å². The Morgan fingerprint density at radius 1 is 1.11 bits per heavy atom. The number of carbonyl (C=O) groups excluding carboxylic acids is 2. The normalized spacial score (nSPS) is 13.9. The second-order valence-electron chi connectivity index (χ2n) is 9.23. The zero-order chi connectivity index (χ0) is 26.3. The number of nitrogens with zero attached hydrogens (tertiary/aromatic N) is 2. The van der Waals surface area contributed by atoms with Gasteiger partial charge in [0.2, 0.25) is 5.91 Å². The van der Waals surface area contributed by atoms with E-state index < -0.39 is 18.8 Å². The van der Waals surface area contributed by atoms with Gasteiger partial charge in [0.1, 0.15) is 36.7 Å². The second-order valence-corrected chi connectivity index (χ2v) is 9.23. The van der Waals surface area contributed by atoms with Crippen LogP contribution in [-0.2, 0) is 16.6 Å². The zero-order valence-electron chi connectivity index (χ0n) is 20.8. The van der Waals surface area contributed by atoms with Gasteiger partial charge in [0.05, 0.1) is 18.0 Å². The van der Waals surface area contributed by atoms with Gasteiger partial charge in [-0.3, -0.25) is 9.59 Å². The molecule has 38 heavy (non-hydrogen) atoms. The summed E-state index contributed by atoms with van der Waals surface area (Å²) >= 11 is 0. The quantitative estimate of drug-likeness (QED) is 0.346. The summed E-state index contributed by atoms with van der Waals surface area (Å²) in [5.41, 5.74) is 0.0525. The summed E-state index contributed by atoms with van der Waals surface area (Å²) < 4.78 is 37.2. The van der Waals surface area contributed by atoms with E-state index in [1.54, 1.807) is 42.6 Å². The fourth-order valence-electron chi connectivity index (χ4n) is 3.75. The van der Waals surface area contributed by atoms with Gasteiger partial charge < -0.3 is 25.2 Å². The Kier molecular flexibility index (Phi) is 10.1. The van der Waals surface area contributed by atoms with E-state index in [4.69, 9.17) is 9.26 Å². The first kappa shape index (κ1) is 29.0. The molecule has 4 rings (SSSR count). The highest BCUT2D eigenvalue weighted by molar-refractivity contribution is 6.02. The van der Waals surface area contributed by atoms with Crippen molar-refractivity contribution in [2.24, 2.45) is 0 Å². The Morgan fingerprint density at radius 3 is 2.45 bits per heavy atom. The molecule has 1 aliphatic heterocycles. The summed E-state index contributed by atoms with van der Waals surface area (Å²) in [5, 5.41) is 12.3. The molecule has 1 aliphatic rings. The van der Waals surface area contributed by atoms with Crippen LogP contribution in [0.1, 0.15) is 41.6 Å². The molecule has 2 aromatic heterocycles. The Bertz CT molecular complexity index is 1200. The third kappa shape index (κ3) is 7.48. The van der Waals surface area contributed by atoms with Crippen LogP contribution in [0.5, 0.6) is 5.75 Å². The predicted molar refractivity (Wildman–Crippen MR) is 141 cm³/mol. The molecule has 9 nitrogen and oxygen atoms in total. The van der Waals surface area contributed by atoms with E-state index >= 15 is 0 Å². The lowest BCUT2D eigenvalue weighted by Gasteiger charge is -2.23. The molecule has 3 aromatic rings. The van der Waals surface area contributed by atoms with Gasteiger partial charge >= 0.3 is 0 Å². The highest BCUT2D eigenvalue weighted by Crippen LogP contribution is 2.27. The van der Waals surface area contributed by atoms with Gasteiger partial charge in [-0.1, -0.05) is 17.3 Å². The number of hydrogen-bond donors (Lipinski definition) is 3. The minimum atomic E-state index is -1.44. The number of alkyl halides is 2. The van der Waals surface area contributed by atoms with Gasteiger partial charge in [0, 0.05) is 11.8 Å². The van der Waals surface area contributed by atoms with Gasteiger partial charge in [-0.2, -0.15) is 0 Å².